The van der Waals surface area contributed by atoms with E-state index in [4.69, 9.17) is 0 Å². The fourth-order valence-corrected chi connectivity index (χ4v) is 4.12. The largest absolute Gasteiger partial charge is 0.372 e. The highest BCUT2D eigenvalue weighted by Crippen LogP contribution is 2.32. The van der Waals surface area contributed by atoms with Crippen LogP contribution >= 0.6 is 0 Å². The lowest BCUT2D eigenvalue weighted by Gasteiger charge is -2.28. The SMILES string of the molecule is O=C(NN=C1CCC(c2ccccc2)CC1)C(O)(c1ccccc1)c1ccccc1. The summed E-state index contributed by atoms with van der Waals surface area (Å²) < 4.78 is 0. The Hall–Kier alpha value is -3.24. The zero-order valence-electron chi connectivity index (χ0n) is 16.9. The third-order valence-electron chi connectivity index (χ3n) is 5.86. The van der Waals surface area contributed by atoms with Gasteiger partial charge in [-0.3, -0.25) is 4.79 Å². The molecule has 1 aliphatic rings. The fourth-order valence-electron chi connectivity index (χ4n) is 4.12. The van der Waals surface area contributed by atoms with Crippen LogP contribution in [0.4, 0.5) is 0 Å². The van der Waals surface area contributed by atoms with Gasteiger partial charge in [0.15, 0.2) is 5.60 Å². The van der Waals surface area contributed by atoms with Crippen LogP contribution in [-0.2, 0) is 10.4 Å². The van der Waals surface area contributed by atoms with Crippen LogP contribution in [0.15, 0.2) is 96.1 Å². The van der Waals surface area contributed by atoms with Crippen molar-refractivity contribution in [1.82, 2.24) is 5.43 Å². The molecule has 3 aromatic carbocycles. The van der Waals surface area contributed by atoms with Crippen molar-refractivity contribution in [2.45, 2.75) is 37.2 Å². The van der Waals surface area contributed by atoms with Gasteiger partial charge in [0.25, 0.3) is 5.91 Å². The van der Waals surface area contributed by atoms with Crippen LogP contribution in [0.25, 0.3) is 0 Å². The number of hydrogen-bond acceptors (Lipinski definition) is 3. The molecule has 3 aromatic rings. The normalized spacial score (nSPS) is 16.7. The predicted octanol–water partition coefficient (Wildman–Crippen LogP) is 4.75. The van der Waals surface area contributed by atoms with Gasteiger partial charge in [0.2, 0.25) is 0 Å². The van der Waals surface area contributed by atoms with Gasteiger partial charge in [0.1, 0.15) is 0 Å². The van der Waals surface area contributed by atoms with Gasteiger partial charge < -0.3 is 5.11 Å². The molecule has 0 spiro atoms. The number of amides is 1. The van der Waals surface area contributed by atoms with Crippen molar-refractivity contribution in [3.05, 3.63) is 108 Å². The number of benzene rings is 3. The summed E-state index contributed by atoms with van der Waals surface area (Å²) in [4.78, 5) is 13.1. The molecule has 0 unspecified atom stereocenters. The van der Waals surface area contributed by atoms with E-state index in [1.807, 2.05) is 42.5 Å². The van der Waals surface area contributed by atoms with Crippen LogP contribution in [0.3, 0.4) is 0 Å². The second-order valence-corrected chi connectivity index (χ2v) is 7.75. The minimum absolute atomic E-state index is 0.515. The zero-order chi connectivity index (χ0) is 20.8. The number of aliphatic hydroxyl groups is 1. The summed E-state index contributed by atoms with van der Waals surface area (Å²) in [6.07, 6.45) is 3.71. The average Bonchev–Trinajstić information content (AvgIpc) is 2.84. The van der Waals surface area contributed by atoms with Crippen LogP contribution < -0.4 is 5.43 Å². The van der Waals surface area contributed by atoms with Crippen LogP contribution in [0.2, 0.25) is 0 Å². The summed E-state index contributed by atoms with van der Waals surface area (Å²) in [7, 11) is 0. The molecule has 1 fully saturated rings. The van der Waals surface area contributed by atoms with Gasteiger partial charge >= 0.3 is 0 Å². The Morgan fingerprint density at radius 3 is 1.77 bits per heavy atom. The molecule has 0 bridgehead atoms. The van der Waals surface area contributed by atoms with Crippen LogP contribution in [0, 0.1) is 0 Å². The van der Waals surface area contributed by atoms with Gasteiger partial charge in [-0.15, -0.1) is 0 Å². The molecular weight excluding hydrogens is 372 g/mol. The Labute approximate surface area is 177 Å². The van der Waals surface area contributed by atoms with Crippen LogP contribution in [0.5, 0.6) is 0 Å². The molecule has 4 heteroatoms. The molecule has 1 aliphatic carbocycles. The van der Waals surface area contributed by atoms with E-state index in [1.165, 1.54) is 5.56 Å². The number of nitrogens with zero attached hydrogens (tertiary/aromatic N) is 1. The molecule has 0 aromatic heterocycles. The lowest BCUT2D eigenvalue weighted by molar-refractivity contribution is -0.136. The van der Waals surface area contributed by atoms with Crippen molar-refractivity contribution in [3.63, 3.8) is 0 Å². The monoisotopic (exact) mass is 398 g/mol. The minimum atomic E-state index is -1.80. The molecule has 4 rings (SSSR count). The standard InChI is InChI=1S/C26H26N2O2/c29-25(26(30,22-12-6-2-7-13-22)23-14-8-3-9-15-23)28-27-24-18-16-21(17-19-24)20-10-4-1-5-11-20/h1-15,21,30H,16-19H2,(H,28,29). The maximum atomic E-state index is 13.1. The van der Waals surface area contributed by atoms with Crippen molar-refractivity contribution >= 4 is 11.6 Å². The molecule has 30 heavy (non-hydrogen) atoms. The second kappa shape index (κ2) is 9.06. The summed E-state index contributed by atoms with van der Waals surface area (Å²) in [6, 6.07) is 28.5. The summed E-state index contributed by atoms with van der Waals surface area (Å²) in [5.41, 5.74) is 4.21. The van der Waals surface area contributed by atoms with Gasteiger partial charge in [0, 0.05) is 5.71 Å². The van der Waals surface area contributed by atoms with Gasteiger partial charge in [0.05, 0.1) is 0 Å². The highest BCUT2D eigenvalue weighted by atomic mass is 16.3. The van der Waals surface area contributed by atoms with E-state index in [9.17, 15) is 9.90 Å². The molecule has 1 saturated carbocycles. The third kappa shape index (κ3) is 4.19. The maximum absolute atomic E-state index is 13.1. The van der Waals surface area contributed by atoms with E-state index < -0.39 is 11.5 Å². The lowest BCUT2D eigenvalue weighted by atomic mass is 9.83. The van der Waals surface area contributed by atoms with E-state index >= 15 is 0 Å². The number of carbonyl (C=O) groups is 1. The van der Waals surface area contributed by atoms with Gasteiger partial charge in [-0.25, -0.2) is 5.43 Å². The van der Waals surface area contributed by atoms with Gasteiger partial charge in [-0.05, 0) is 48.3 Å². The molecule has 0 heterocycles. The van der Waals surface area contributed by atoms with Crippen molar-refractivity contribution in [1.29, 1.82) is 0 Å². The van der Waals surface area contributed by atoms with Crippen LogP contribution in [0.1, 0.15) is 48.3 Å². The van der Waals surface area contributed by atoms with Crippen molar-refractivity contribution in [2.75, 3.05) is 0 Å². The number of hydrazone groups is 1. The Balaban J connectivity index is 1.49. The minimum Gasteiger partial charge on any atom is -0.372 e. The molecule has 4 nitrogen and oxygen atoms in total. The zero-order valence-corrected chi connectivity index (χ0v) is 16.9. The average molecular weight is 399 g/mol. The molecule has 0 atom stereocenters. The van der Waals surface area contributed by atoms with E-state index in [-0.39, 0.29) is 0 Å². The summed E-state index contributed by atoms with van der Waals surface area (Å²) in [5, 5.41) is 15.8. The molecule has 152 valence electrons. The summed E-state index contributed by atoms with van der Waals surface area (Å²) in [6.45, 7) is 0. The summed E-state index contributed by atoms with van der Waals surface area (Å²) >= 11 is 0. The number of rotatable bonds is 5. The van der Waals surface area contributed by atoms with Gasteiger partial charge in [-0.2, -0.15) is 5.10 Å². The first kappa shape index (κ1) is 20.0. The molecule has 0 radical (unpaired) electrons. The molecule has 0 saturated heterocycles. The smallest absolute Gasteiger partial charge is 0.281 e. The first-order valence-electron chi connectivity index (χ1n) is 10.4. The fraction of sp³-hybridized carbons (Fsp3) is 0.231. The topological polar surface area (TPSA) is 61.7 Å². The second-order valence-electron chi connectivity index (χ2n) is 7.75. The van der Waals surface area contributed by atoms with Crippen molar-refractivity contribution in [2.24, 2.45) is 5.10 Å². The van der Waals surface area contributed by atoms with Gasteiger partial charge in [-0.1, -0.05) is 91.0 Å². The Morgan fingerprint density at radius 1 is 0.800 bits per heavy atom. The highest BCUT2D eigenvalue weighted by molar-refractivity contribution is 5.92. The number of carbonyl (C=O) groups excluding carboxylic acids is 1. The Morgan fingerprint density at radius 2 is 1.27 bits per heavy atom. The van der Waals surface area contributed by atoms with E-state index in [0.717, 1.165) is 31.4 Å². The third-order valence-corrected chi connectivity index (χ3v) is 5.86. The van der Waals surface area contributed by atoms with E-state index in [1.54, 1.807) is 24.3 Å². The van der Waals surface area contributed by atoms with E-state index in [0.29, 0.717) is 17.0 Å². The lowest BCUT2D eigenvalue weighted by Crippen LogP contribution is -2.44. The Kier molecular flexibility index (Phi) is 6.05. The number of nitrogens with one attached hydrogen (secondary N) is 1. The first-order valence-corrected chi connectivity index (χ1v) is 10.4. The maximum Gasteiger partial charge on any atom is 0.281 e. The molecule has 0 aliphatic heterocycles. The Bertz CT molecular complexity index is 951. The number of hydrogen-bond donors (Lipinski definition) is 2. The van der Waals surface area contributed by atoms with E-state index in [2.05, 4.69) is 34.8 Å². The molecule has 1 amide bonds. The predicted molar refractivity (Wildman–Crippen MR) is 119 cm³/mol. The molecule has 2 N–H and O–H groups in total. The first-order chi connectivity index (χ1) is 14.7. The van der Waals surface area contributed by atoms with Crippen molar-refractivity contribution < 1.29 is 9.90 Å². The molecular formula is C26H26N2O2. The highest BCUT2D eigenvalue weighted by Gasteiger charge is 2.40. The quantitative estimate of drug-likeness (QED) is 0.609. The summed E-state index contributed by atoms with van der Waals surface area (Å²) in [5.74, 6) is -0.0102. The van der Waals surface area contributed by atoms with Crippen molar-refractivity contribution in [3.8, 4) is 0 Å². The van der Waals surface area contributed by atoms with Crippen LogP contribution in [-0.4, -0.2) is 16.7 Å².